The Hall–Kier alpha value is -1.13. The Kier molecular flexibility index (Phi) is 3.74. The average molecular weight is 221 g/mol. The molecule has 0 spiro atoms. The lowest BCUT2D eigenvalue weighted by atomic mass is 10.2. The summed E-state index contributed by atoms with van der Waals surface area (Å²) < 4.78 is 7.29. The topological polar surface area (TPSA) is 39.1 Å². The van der Waals surface area contributed by atoms with E-state index in [2.05, 4.69) is 23.4 Å². The van der Waals surface area contributed by atoms with Crippen molar-refractivity contribution < 1.29 is 4.74 Å². The molecule has 0 saturated heterocycles. The van der Waals surface area contributed by atoms with Gasteiger partial charge in [-0.05, 0) is 18.9 Å². The molecule has 0 saturated carbocycles. The molecule has 0 fully saturated rings. The maximum Gasteiger partial charge on any atom is 0.0689 e. The molecule has 2 rings (SSSR count). The van der Waals surface area contributed by atoms with Crippen molar-refractivity contribution in [1.82, 2.24) is 15.1 Å². The monoisotopic (exact) mass is 221 g/mol. The number of nitrogens with zero attached hydrogens (tertiary/aromatic N) is 2. The minimum absolute atomic E-state index is 0.777. The first-order valence-corrected chi connectivity index (χ1v) is 5.71. The van der Waals surface area contributed by atoms with E-state index < -0.39 is 0 Å². The van der Waals surface area contributed by atoms with Crippen molar-refractivity contribution in [2.45, 2.75) is 19.9 Å². The molecule has 0 aliphatic carbocycles. The lowest BCUT2D eigenvalue weighted by Gasteiger charge is -2.14. The Bertz CT molecular complexity index is 382. The standard InChI is InChI=1S/C12H19N3O/c1-10-12(8-14-15(10)2)7-13-6-11-4-3-5-16-9-11/h4,8,13H,3,5-7,9H2,1-2H3. The van der Waals surface area contributed by atoms with Gasteiger partial charge in [0.25, 0.3) is 0 Å². The van der Waals surface area contributed by atoms with Crippen molar-refractivity contribution in [1.29, 1.82) is 0 Å². The minimum atomic E-state index is 0.777. The van der Waals surface area contributed by atoms with Crippen LogP contribution in [0.2, 0.25) is 0 Å². The first kappa shape index (κ1) is 11.4. The Labute approximate surface area is 96.3 Å². The molecule has 0 aromatic carbocycles. The third-order valence-electron chi connectivity index (χ3n) is 2.99. The second-order valence-electron chi connectivity index (χ2n) is 4.19. The molecule has 4 nitrogen and oxygen atoms in total. The summed E-state index contributed by atoms with van der Waals surface area (Å²) in [4.78, 5) is 0. The van der Waals surface area contributed by atoms with Crippen molar-refractivity contribution in [3.63, 3.8) is 0 Å². The number of ether oxygens (including phenoxy) is 1. The van der Waals surface area contributed by atoms with Crippen LogP contribution >= 0.6 is 0 Å². The fraction of sp³-hybridized carbons (Fsp3) is 0.583. The summed E-state index contributed by atoms with van der Waals surface area (Å²) in [7, 11) is 1.97. The fourth-order valence-corrected chi connectivity index (χ4v) is 1.81. The van der Waals surface area contributed by atoms with Crippen LogP contribution < -0.4 is 5.32 Å². The van der Waals surface area contributed by atoms with E-state index in [4.69, 9.17) is 4.74 Å². The highest BCUT2D eigenvalue weighted by molar-refractivity contribution is 5.16. The van der Waals surface area contributed by atoms with Crippen molar-refractivity contribution in [2.24, 2.45) is 7.05 Å². The Morgan fingerprint density at radius 1 is 1.50 bits per heavy atom. The molecule has 88 valence electrons. The molecular weight excluding hydrogens is 202 g/mol. The molecule has 16 heavy (non-hydrogen) atoms. The van der Waals surface area contributed by atoms with Gasteiger partial charge in [-0.3, -0.25) is 4.68 Å². The first-order valence-electron chi connectivity index (χ1n) is 5.71. The van der Waals surface area contributed by atoms with Crippen LogP contribution in [0.4, 0.5) is 0 Å². The van der Waals surface area contributed by atoms with Crippen LogP contribution in [0.5, 0.6) is 0 Å². The molecule has 0 unspecified atom stereocenters. The summed E-state index contributed by atoms with van der Waals surface area (Å²) in [6.45, 7) is 5.52. The molecule has 4 heteroatoms. The lowest BCUT2D eigenvalue weighted by Crippen LogP contribution is -2.21. The van der Waals surface area contributed by atoms with Crippen molar-refractivity contribution in [3.8, 4) is 0 Å². The quantitative estimate of drug-likeness (QED) is 0.776. The SMILES string of the molecule is Cc1c(CNCC2=CCCOC2)cnn1C. The van der Waals surface area contributed by atoms with Gasteiger partial charge in [-0.2, -0.15) is 5.10 Å². The van der Waals surface area contributed by atoms with E-state index in [1.165, 1.54) is 16.8 Å². The van der Waals surface area contributed by atoms with E-state index in [9.17, 15) is 0 Å². The molecule has 2 heterocycles. The van der Waals surface area contributed by atoms with E-state index in [0.29, 0.717) is 0 Å². The van der Waals surface area contributed by atoms with Crippen LogP contribution in [0.1, 0.15) is 17.7 Å². The molecular formula is C12H19N3O. The molecule has 1 aromatic rings. The van der Waals surface area contributed by atoms with Crippen LogP contribution in [-0.2, 0) is 18.3 Å². The summed E-state index contributed by atoms with van der Waals surface area (Å²) in [6, 6.07) is 0. The summed E-state index contributed by atoms with van der Waals surface area (Å²) >= 11 is 0. The normalized spacial score (nSPS) is 16.2. The van der Waals surface area contributed by atoms with Gasteiger partial charge in [0, 0.05) is 31.4 Å². The van der Waals surface area contributed by atoms with E-state index in [1.807, 2.05) is 17.9 Å². The number of hydrogen-bond acceptors (Lipinski definition) is 3. The number of aromatic nitrogens is 2. The molecule has 1 aromatic heterocycles. The highest BCUT2D eigenvalue weighted by Crippen LogP contribution is 2.07. The molecule has 1 aliphatic heterocycles. The van der Waals surface area contributed by atoms with E-state index in [-0.39, 0.29) is 0 Å². The Balaban J connectivity index is 1.79. The molecule has 1 aliphatic rings. The highest BCUT2D eigenvalue weighted by atomic mass is 16.5. The third kappa shape index (κ3) is 2.71. The number of aryl methyl sites for hydroxylation is 1. The van der Waals surface area contributed by atoms with Crippen molar-refractivity contribution >= 4 is 0 Å². The van der Waals surface area contributed by atoms with Crippen molar-refractivity contribution in [3.05, 3.63) is 29.1 Å². The molecule has 1 N–H and O–H groups in total. The zero-order valence-electron chi connectivity index (χ0n) is 9.99. The minimum Gasteiger partial charge on any atom is -0.377 e. The van der Waals surface area contributed by atoms with Gasteiger partial charge in [0.2, 0.25) is 0 Å². The molecule has 0 radical (unpaired) electrons. The van der Waals surface area contributed by atoms with E-state index >= 15 is 0 Å². The van der Waals surface area contributed by atoms with Gasteiger partial charge in [0.15, 0.2) is 0 Å². The van der Waals surface area contributed by atoms with Crippen molar-refractivity contribution in [2.75, 3.05) is 19.8 Å². The van der Waals surface area contributed by atoms with Gasteiger partial charge in [0.05, 0.1) is 19.4 Å². The van der Waals surface area contributed by atoms with Crippen LogP contribution in [0.15, 0.2) is 17.8 Å². The Morgan fingerprint density at radius 3 is 3.00 bits per heavy atom. The van der Waals surface area contributed by atoms with Gasteiger partial charge in [-0.15, -0.1) is 0 Å². The van der Waals surface area contributed by atoms with Crippen LogP contribution in [0.25, 0.3) is 0 Å². The zero-order chi connectivity index (χ0) is 11.4. The smallest absolute Gasteiger partial charge is 0.0689 e. The maximum absolute atomic E-state index is 5.39. The summed E-state index contributed by atoms with van der Waals surface area (Å²) in [6.07, 6.45) is 5.24. The van der Waals surface area contributed by atoms with E-state index in [0.717, 1.165) is 32.7 Å². The summed E-state index contributed by atoms with van der Waals surface area (Å²) in [5, 5.41) is 7.64. The van der Waals surface area contributed by atoms with E-state index in [1.54, 1.807) is 0 Å². The molecule has 0 amide bonds. The summed E-state index contributed by atoms with van der Waals surface area (Å²) in [5.74, 6) is 0. The van der Waals surface area contributed by atoms with Crippen LogP contribution in [0, 0.1) is 6.92 Å². The maximum atomic E-state index is 5.39. The first-order chi connectivity index (χ1) is 7.77. The fourth-order valence-electron chi connectivity index (χ4n) is 1.81. The van der Waals surface area contributed by atoms with Gasteiger partial charge in [0.1, 0.15) is 0 Å². The predicted molar refractivity (Wildman–Crippen MR) is 63.2 cm³/mol. The predicted octanol–water partition coefficient (Wildman–Crippen LogP) is 1.16. The second kappa shape index (κ2) is 5.27. The van der Waals surface area contributed by atoms with Crippen LogP contribution in [-0.4, -0.2) is 29.5 Å². The number of hydrogen-bond donors (Lipinski definition) is 1. The number of nitrogens with one attached hydrogen (secondary N) is 1. The zero-order valence-corrected chi connectivity index (χ0v) is 9.99. The number of rotatable bonds is 4. The molecule has 0 bridgehead atoms. The summed E-state index contributed by atoms with van der Waals surface area (Å²) in [5.41, 5.74) is 3.84. The second-order valence-corrected chi connectivity index (χ2v) is 4.19. The van der Waals surface area contributed by atoms with Gasteiger partial charge in [-0.1, -0.05) is 6.08 Å². The average Bonchev–Trinajstić information content (AvgIpc) is 2.62. The van der Waals surface area contributed by atoms with Crippen LogP contribution in [0.3, 0.4) is 0 Å². The lowest BCUT2D eigenvalue weighted by molar-refractivity contribution is 0.149. The Morgan fingerprint density at radius 2 is 2.38 bits per heavy atom. The largest absolute Gasteiger partial charge is 0.377 e. The third-order valence-corrected chi connectivity index (χ3v) is 2.99. The highest BCUT2D eigenvalue weighted by Gasteiger charge is 2.05. The van der Waals surface area contributed by atoms with Gasteiger partial charge in [-0.25, -0.2) is 0 Å². The van der Waals surface area contributed by atoms with Gasteiger partial charge >= 0.3 is 0 Å². The van der Waals surface area contributed by atoms with Gasteiger partial charge < -0.3 is 10.1 Å². The molecule has 0 atom stereocenters.